The highest BCUT2D eigenvalue weighted by Crippen LogP contribution is 2.40. The number of nitrogens with zero attached hydrogens (tertiary/aromatic N) is 5. The molecule has 3 heterocycles. The minimum atomic E-state index is -3.18. The van der Waals surface area contributed by atoms with Crippen LogP contribution in [0.3, 0.4) is 0 Å². The molecule has 0 radical (unpaired) electrons. The van der Waals surface area contributed by atoms with E-state index < -0.39 is 33.3 Å². The summed E-state index contributed by atoms with van der Waals surface area (Å²) in [6.07, 6.45) is 4.66. The van der Waals surface area contributed by atoms with Gasteiger partial charge < -0.3 is 25.0 Å². The fourth-order valence-corrected chi connectivity index (χ4v) is 5.01. The molecule has 0 aliphatic carbocycles. The quantitative estimate of drug-likeness (QED) is 0.151. The van der Waals surface area contributed by atoms with Crippen molar-refractivity contribution in [2.45, 2.75) is 51.6 Å². The zero-order valence-corrected chi connectivity index (χ0v) is 24.5. The molecule has 1 aromatic carbocycles. The molecule has 3 N–H and O–H groups in total. The van der Waals surface area contributed by atoms with E-state index in [1.807, 2.05) is 0 Å². The van der Waals surface area contributed by atoms with Crippen LogP contribution in [0.2, 0.25) is 30.7 Å². The maximum absolute atomic E-state index is 13.5. The van der Waals surface area contributed by atoms with E-state index >= 15 is 0 Å². The topological polar surface area (TPSA) is 136 Å². The third-order valence-corrected chi connectivity index (χ3v) is 8.16. The SMILES string of the molecule is C[Si](C)(C)CCOCn1ncc(NC(=O)c2cnn3cccnc23)c1-c1cc(Cl)c(CC(O)CO)cc1OC(F)F. The second-order valence-corrected chi connectivity index (χ2v) is 16.5. The number of hydrogen-bond donors (Lipinski definition) is 3. The minimum absolute atomic E-state index is 0.0370. The second-order valence-electron chi connectivity index (χ2n) is 10.5. The molecule has 4 aromatic rings. The van der Waals surface area contributed by atoms with Crippen molar-refractivity contribution >= 4 is 36.9 Å². The largest absolute Gasteiger partial charge is 0.434 e. The van der Waals surface area contributed by atoms with Gasteiger partial charge in [0.1, 0.15) is 18.0 Å². The molecule has 15 heteroatoms. The molecule has 3 aromatic heterocycles. The maximum Gasteiger partial charge on any atom is 0.387 e. The second kappa shape index (κ2) is 13.0. The highest BCUT2D eigenvalue weighted by atomic mass is 35.5. The summed E-state index contributed by atoms with van der Waals surface area (Å²) in [5.41, 5.74) is 1.29. The molecule has 41 heavy (non-hydrogen) atoms. The predicted octanol–water partition coefficient (Wildman–Crippen LogP) is 4.31. The summed E-state index contributed by atoms with van der Waals surface area (Å²) in [4.78, 5) is 17.5. The van der Waals surface area contributed by atoms with Gasteiger partial charge in [-0.05, 0) is 29.8 Å². The summed E-state index contributed by atoms with van der Waals surface area (Å²) in [6, 6.07) is 5.22. The van der Waals surface area contributed by atoms with Crippen LogP contribution in [0, 0.1) is 0 Å². The van der Waals surface area contributed by atoms with Crippen molar-refractivity contribution in [1.29, 1.82) is 0 Å². The predicted molar refractivity (Wildman–Crippen MR) is 151 cm³/mol. The van der Waals surface area contributed by atoms with Crippen LogP contribution in [0.5, 0.6) is 5.75 Å². The highest BCUT2D eigenvalue weighted by molar-refractivity contribution is 6.76. The Balaban J connectivity index is 1.76. The van der Waals surface area contributed by atoms with E-state index in [-0.39, 0.29) is 52.0 Å². The number of alkyl halides is 2. The Kier molecular flexibility index (Phi) is 9.71. The van der Waals surface area contributed by atoms with Crippen molar-refractivity contribution < 1.29 is 33.3 Å². The molecule has 1 amide bonds. The lowest BCUT2D eigenvalue weighted by molar-refractivity contribution is -0.0495. The van der Waals surface area contributed by atoms with Crippen LogP contribution in [0.15, 0.2) is 43.0 Å². The lowest BCUT2D eigenvalue weighted by Crippen LogP contribution is -2.22. The van der Waals surface area contributed by atoms with E-state index in [4.69, 9.17) is 21.1 Å². The van der Waals surface area contributed by atoms with Gasteiger partial charge in [-0.1, -0.05) is 31.2 Å². The molecular formula is C26H31ClF2N6O5Si. The van der Waals surface area contributed by atoms with Gasteiger partial charge in [-0.3, -0.25) is 4.79 Å². The van der Waals surface area contributed by atoms with Crippen molar-refractivity contribution in [3.63, 3.8) is 0 Å². The first-order chi connectivity index (χ1) is 19.5. The molecule has 0 bridgehead atoms. The van der Waals surface area contributed by atoms with E-state index in [9.17, 15) is 23.8 Å². The van der Waals surface area contributed by atoms with Gasteiger partial charge >= 0.3 is 6.61 Å². The molecule has 1 atom stereocenters. The van der Waals surface area contributed by atoms with E-state index in [2.05, 4.69) is 40.1 Å². The smallest absolute Gasteiger partial charge is 0.387 e. The van der Waals surface area contributed by atoms with Crippen LogP contribution in [0.4, 0.5) is 14.5 Å². The van der Waals surface area contributed by atoms with E-state index in [1.54, 1.807) is 12.3 Å². The van der Waals surface area contributed by atoms with Gasteiger partial charge in [0.25, 0.3) is 5.91 Å². The van der Waals surface area contributed by atoms with Crippen LogP contribution in [-0.2, 0) is 17.9 Å². The van der Waals surface area contributed by atoms with Gasteiger partial charge in [-0.25, -0.2) is 14.2 Å². The van der Waals surface area contributed by atoms with Gasteiger partial charge in [0.05, 0.1) is 36.5 Å². The average molecular weight is 609 g/mol. The first-order valence-corrected chi connectivity index (χ1v) is 16.8. The van der Waals surface area contributed by atoms with Gasteiger partial charge in [0.2, 0.25) is 0 Å². The summed E-state index contributed by atoms with van der Waals surface area (Å²) in [7, 11) is -1.39. The normalized spacial score (nSPS) is 12.7. The Morgan fingerprint density at radius 3 is 2.71 bits per heavy atom. The minimum Gasteiger partial charge on any atom is -0.434 e. The number of aromatic nitrogens is 5. The summed E-state index contributed by atoms with van der Waals surface area (Å²) in [6.45, 7) is 3.34. The molecule has 1 unspecified atom stereocenters. The fourth-order valence-electron chi connectivity index (χ4n) is 4.01. The van der Waals surface area contributed by atoms with Crippen molar-refractivity contribution in [2.75, 3.05) is 18.5 Å². The van der Waals surface area contributed by atoms with E-state index in [0.29, 0.717) is 12.3 Å². The molecule has 4 rings (SSSR count). The number of aliphatic hydroxyl groups is 2. The van der Waals surface area contributed by atoms with Crippen molar-refractivity contribution in [3.05, 3.63) is 59.1 Å². The number of nitrogens with one attached hydrogen (secondary N) is 1. The first-order valence-electron chi connectivity index (χ1n) is 12.8. The van der Waals surface area contributed by atoms with Gasteiger partial charge in [0, 0.05) is 44.1 Å². The van der Waals surface area contributed by atoms with Crippen molar-refractivity contribution in [1.82, 2.24) is 24.4 Å². The summed E-state index contributed by atoms with van der Waals surface area (Å²) in [5.74, 6) is -0.814. The molecule has 0 saturated carbocycles. The Bertz CT molecular complexity index is 1510. The number of rotatable bonds is 13. The number of benzene rings is 1. The van der Waals surface area contributed by atoms with Crippen LogP contribution in [0.25, 0.3) is 16.9 Å². The third-order valence-electron chi connectivity index (χ3n) is 6.11. The molecule has 0 aliphatic heterocycles. The van der Waals surface area contributed by atoms with Gasteiger partial charge in [-0.15, -0.1) is 0 Å². The number of aliphatic hydroxyl groups excluding tert-OH is 2. The number of fused-ring (bicyclic) bond motifs is 1. The Labute approximate surface area is 240 Å². The summed E-state index contributed by atoms with van der Waals surface area (Å²) < 4.78 is 40.6. The molecule has 0 aliphatic rings. The van der Waals surface area contributed by atoms with Gasteiger partial charge in [0.15, 0.2) is 5.65 Å². The van der Waals surface area contributed by atoms with Crippen molar-refractivity contribution in [2.24, 2.45) is 0 Å². The number of hydrogen-bond acceptors (Lipinski definition) is 8. The molecular weight excluding hydrogens is 578 g/mol. The molecule has 11 nitrogen and oxygen atoms in total. The number of carbonyl (C=O) groups is 1. The number of ether oxygens (including phenoxy) is 2. The Morgan fingerprint density at radius 2 is 2.00 bits per heavy atom. The van der Waals surface area contributed by atoms with Crippen molar-refractivity contribution in [3.8, 4) is 17.0 Å². The number of halogens is 3. The van der Waals surface area contributed by atoms with Gasteiger partial charge in [-0.2, -0.15) is 19.0 Å². The molecule has 0 spiro atoms. The highest BCUT2D eigenvalue weighted by Gasteiger charge is 2.25. The number of carbonyl (C=O) groups excluding carboxylic acids is 1. The van der Waals surface area contributed by atoms with Crippen LogP contribution in [-0.4, -0.2) is 74.5 Å². The number of amides is 1. The summed E-state index contributed by atoms with van der Waals surface area (Å²) >= 11 is 6.49. The van der Waals surface area contributed by atoms with E-state index in [0.717, 1.165) is 6.04 Å². The lowest BCUT2D eigenvalue weighted by atomic mass is 10.0. The lowest BCUT2D eigenvalue weighted by Gasteiger charge is -2.19. The van der Waals surface area contributed by atoms with Crippen LogP contribution >= 0.6 is 11.6 Å². The zero-order chi connectivity index (χ0) is 29.7. The van der Waals surface area contributed by atoms with Crippen LogP contribution < -0.4 is 10.1 Å². The first kappa shape index (κ1) is 30.5. The maximum atomic E-state index is 13.5. The molecule has 0 fully saturated rings. The standard InChI is InChI=1S/C26H31ClF2N6O5Si/c1-41(2,3)8-7-39-15-35-23(18-11-20(27)16(9-17(37)14-36)10-22(18)40-26(28)29)21(13-32-35)33-25(38)19-12-31-34-6-4-5-30-24(19)34/h4-6,10-13,17,26,36-37H,7-9,14-15H2,1-3H3,(H,33,38). The third kappa shape index (κ3) is 7.65. The Hall–Kier alpha value is -3.43. The van der Waals surface area contributed by atoms with E-state index in [1.165, 1.54) is 39.9 Å². The Morgan fingerprint density at radius 1 is 1.22 bits per heavy atom. The summed E-state index contributed by atoms with van der Waals surface area (Å²) in [5, 5.41) is 30.5. The number of anilines is 1. The zero-order valence-electron chi connectivity index (χ0n) is 22.7. The average Bonchev–Trinajstić information content (AvgIpc) is 3.51. The van der Waals surface area contributed by atoms with Crippen LogP contribution in [0.1, 0.15) is 15.9 Å². The monoisotopic (exact) mass is 608 g/mol. The fraction of sp³-hybridized carbons (Fsp3) is 0.385. The molecule has 0 saturated heterocycles. The molecule has 220 valence electrons.